The van der Waals surface area contributed by atoms with Gasteiger partial charge in [0.2, 0.25) is 0 Å². The van der Waals surface area contributed by atoms with Crippen LogP contribution in [-0.2, 0) is 0 Å². The van der Waals surface area contributed by atoms with E-state index in [4.69, 9.17) is 17.3 Å². The summed E-state index contributed by atoms with van der Waals surface area (Å²) in [5.74, 6) is 0.189. The van der Waals surface area contributed by atoms with Crippen molar-refractivity contribution in [2.75, 3.05) is 13.6 Å². The molecule has 0 aliphatic carbocycles. The second-order valence-corrected chi connectivity index (χ2v) is 5.54. The van der Waals surface area contributed by atoms with Crippen LogP contribution in [0.4, 0.5) is 4.39 Å². The van der Waals surface area contributed by atoms with Crippen molar-refractivity contribution in [3.8, 4) is 0 Å². The van der Waals surface area contributed by atoms with E-state index in [0.29, 0.717) is 23.5 Å². The summed E-state index contributed by atoms with van der Waals surface area (Å²) in [4.78, 5) is 2.18. The van der Waals surface area contributed by atoms with E-state index in [1.807, 2.05) is 7.05 Å². The van der Waals surface area contributed by atoms with Crippen molar-refractivity contribution in [3.63, 3.8) is 0 Å². The molecule has 2 nitrogen and oxygen atoms in total. The zero-order chi connectivity index (χ0) is 13.9. The van der Waals surface area contributed by atoms with Crippen LogP contribution in [0, 0.1) is 11.7 Å². The molecule has 0 saturated heterocycles. The van der Waals surface area contributed by atoms with E-state index >= 15 is 0 Å². The van der Waals surface area contributed by atoms with Gasteiger partial charge in [0.15, 0.2) is 0 Å². The summed E-state index contributed by atoms with van der Waals surface area (Å²) in [7, 11) is 2.01. The molecule has 1 rings (SSSR count). The van der Waals surface area contributed by atoms with Gasteiger partial charge >= 0.3 is 0 Å². The lowest BCUT2D eigenvalue weighted by atomic mass is 9.99. The minimum Gasteiger partial charge on any atom is -0.329 e. The predicted octanol–water partition coefficient (Wildman–Crippen LogP) is 3.46. The van der Waals surface area contributed by atoms with Gasteiger partial charge in [0, 0.05) is 23.7 Å². The highest BCUT2D eigenvalue weighted by molar-refractivity contribution is 6.30. The third-order valence-electron chi connectivity index (χ3n) is 3.59. The molecule has 102 valence electrons. The summed E-state index contributed by atoms with van der Waals surface area (Å²) in [5.41, 5.74) is 6.67. The number of hydrogen-bond acceptors (Lipinski definition) is 2. The Balaban J connectivity index is 3.01. The fraction of sp³-hybridized carbons (Fsp3) is 0.571. The Morgan fingerprint density at radius 1 is 1.28 bits per heavy atom. The molecule has 0 fully saturated rings. The zero-order valence-corrected chi connectivity index (χ0v) is 12.2. The lowest BCUT2D eigenvalue weighted by Gasteiger charge is -2.35. The van der Waals surface area contributed by atoms with Crippen LogP contribution in [0.25, 0.3) is 0 Å². The van der Waals surface area contributed by atoms with Gasteiger partial charge in [-0.1, -0.05) is 25.4 Å². The van der Waals surface area contributed by atoms with Crippen LogP contribution >= 0.6 is 11.6 Å². The first kappa shape index (κ1) is 15.4. The van der Waals surface area contributed by atoms with Gasteiger partial charge in [-0.3, -0.25) is 4.90 Å². The summed E-state index contributed by atoms with van der Waals surface area (Å²) in [6, 6.07) is 4.94. The first-order chi connectivity index (χ1) is 8.36. The van der Waals surface area contributed by atoms with E-state index in [9.17, 15) is 4.39 Å². The van der Waals surface area contributed by atoms with Crippen molar-refractivity contribution in [1.29, 1.82) is 0 Å². The average Bonchev–Trinajstić information content (AvgIpc) is 2.27. The Bertz CT molecular complexity index is 375. The van der Waals surface area contributed by atoms with Gasteiger partial charge in [0.05, 0.1) is 0 Å². The number of rotatable bonds is 5. The van der Waals surface area contributed by atoms with Gasteiger partial charge in [-0.05, 0) is 43.7 Å². The number of likely N-dealkylation sites (N-methyl/N-ethyl adjacent to an activating group) is 1. The number of nitrogens with two attached hydrogens (primary N) is 1. The van der Waals surface area contributed by atoms with Crippen molar-refractivity contribution < 1.29 is 4.39 Å². The second kappa shape index (κ2) is 6.50. The number of hydrogen-bond donors (Lipinski definition) is 1. The average molecular weight is 273 g/mol. The normalized spacial score (nSPS) is 15.2. The zero-order valence-electron chi connectivity index (χ0n) is 11.5. The fourth-order valence-corrected chi connectivity index (χ4v) is 2.29. The van der Waals surface area contributed by atoms with Crippen molar-refractivity contribution >= 4 is 11.6 Å². The Hall–Kier alpha value is -0.640. The molecule has 0 aliphatic rings. The topological polar surface area (TPSA) is 29.3 Å². The highest BCUT2D eigenvalue weighted by atomic mass is 35.5. The third kappa shape index (κ3) is 3.67. The third-order valence-corrected chi connectivity index (χ3v) is 3.81. The minimum absolute atomic E-state index is 0.0180. The molecular formula is C14H22ClFN2. The van der Waals surface area contributed by atoms with Crippen LogP contribution in [-0.4, -0.2) is 24.5 Å². The quantitative estimate of drug-likeness (QED) is 0.890. The SMILES string of the molecule is CC(C)C(C)N(C)C(CN)c1cc(F)cc(Cl)c1. The molecule has 0 heterocycles. The van der Waals surface area contributed by atoms with Crippen molar-refractivity contribution in [2.24, 2.45) is 11.7 Å². The summed E-state index contributed by atoms with van der Waals surface area (Å²) >= 11 is 5.90. The van der Waals surface area contributed by atoms with Crippen LogP contribution in [0.15, 0.2) is 18.2 Å². The predicted molar refractivity (Wildman–Crippen MR) is 75.3 cm³/mol. The molecule has 18 heavy (non-hydrogen) atoms. The summed E-state index contributed by atoms with van der Waals surface area (Å²) in [5, 5.41) is 0.411. The molecule has 1 aromatic rings. The maximum absolute atomic E-state index is 13.4. The molecule has 0 radical (unpaired) electrons. The summed E-state index contributed by atoms with van der Waals surface area (Å²) < 4.78 is 13.4. The molecule has 0 aliphatic heterocycles. The molecule has 0 aromatic heterocycles. The van der Waals surface area contributed by atoms with Crippen LogP contribution < -0.4 is 5.73 Å². The highest BCUT2D eigenvalue weighted by Gasteiger charge is 2.22. The number of halogens is 2. The number of benzene rings is 1. The van der Waals surface area contributed by atoms with Gasteiger partial charge in [0.1, 0.15) is 5.82 Å². The standard InChI is InChI=1S/C14H22ClFN2/c1-9(2)10(3)18(4)14(8-17)11-5-12(15)7-13(16)6-11/h5-7,9-10,14H,8,17H2,1-4H3. The molecule has 0 saturated carbocycles. The van der Waals surface area contributed by atoms with Crippen molar-refractivity contribution in [1.82, 2.24) is 4.90 Å². The Morgan fingerprint density at radius 3 is 2.33 bits per heavy atom. The van der Waals surface area contributed by atoms with Crippen LogP contribution in [0.2, 0.25) is 5.02 Å². The monoisotopic (exact) mass is 272 g/mol. The van der Waals surface area contributed by atoms with Crippen molar-refractivity contribution in [3.05, 3.63) is 34.6 Å². The van der Waals surface area contributed by atoms with Crippen LogP contribution in [0.1, 0.15) is 32.4 Å². The highest BCUT2D eigenvalue weighted by Crippen LogP contribution is 2.26. The van der Waals surface area contributed by atoms with E-state index < -0.39 is 0 Å². The van der Waals surface area contributed by atoms with Crippen LogP contribution in [0.3, 0.4) is 0 Å². The molecule has 0 bridgehead atoms. The molecule has 1 aromatic carbocycles. The first-order valence-corrected chi connectivity index (χ1v) is 6.62. The second-order valence-electron chi connectivity index (χ2n) is 5.10. The van der Waals surface area contributed by atoms with E-state index in [0.717, 1.165) is 5.56 Å². The first-order valence-electron chi connectivity index (χ1n) is 6.24. The maximum Gasteiger partial charge on any atom is 0.125 e. The molecule has 4 heteroatoms. The molecule has 2 atom stereocenters. The van der Waals surface area contributed by atoms with E-state index in [1.165, 1.54) is 12.1 Å². The Labute approximate surface area is 114 Å². The lowest BCUT2D eigenvalue weighted by molar-refractivity contribution is 0.151. The van der Waals surface area contributed by atoms with Gasteiger partial charge in [-0.25, -0.2) is 4.39 Å². The van der Waals surface area contributed by atoms with Gasteiger partial charge in [0.25, 0.3) is 0 Å². The maximum atomic E-state index is 13.4. The van der Waals surface area contributed by atoms with Gasteiger partial charge in [-0.15, -0.1) is 0 Å². The van der Waals surface area contributed by atoms with E-state index in [1.54, 1.807) is 6.07 Å². The molecular weight excluding hydrogens is 251 g/mol. The minimum atomic E-state index is -0.318. The fourth-order valence-electron chi connectivity index (χ4n) is 2.06. The van der Waals surface area contributed by atoms with Crippen LogP contribution in [0.5, 0.6) is 0 Å². The molecule has 0 spiro atoms. The number of nitrogens with zero attached hydrogens (tertiary/aromatic N) is 1. The lowest BCUT2D eigenvalue weighted by Crippen LogP contribution is -2.39. The summed E-state index contributed by atoms with van der Waals surface area (Å²) in [6.45, 7) is 6.90. The van der Waals surface area contributed by atoms with Gasteiger partial charge < -0.3 is 5.73 Å². The molecule has 2 unspecified atom stereocenters. The smallest absolute Gasteiger partial charge is 0.125 e. The van der Waals surface area contributed by atoms with Gasteiger partial charge in [-0.2, -0.15) is 0 Å². The molecule has 2 N–H and O–H groups in total. The van der Waals surface area contributed by atoms with E-state index in [2.05, 4.69) is 25.7 Å². The Kier molecular flexibility index (Phi) is 5.57. The van der Waals surface area contributed by atoms with Crippen molar-refractivity contribution in [2.45, 2.75) is 32.9 Å². The largest absolute Gasteiger partial charge is 0.329 e. The summed E-state index contributed by atoms with van der Waals surface area (Å²) in [6.07, 6.45) is 0. The molecule has 0 amide bonds. The Morgan fingerprint density at radius 2 is 1.89 bits per heavy atom. The van der Waals surface area contributed by atoms with E-state index in [-0.39, 0.29) is 11.9 Å².